The number of rotatable bonds is 3. The van der Waals surface area contributed by atoms with Gasteiger partial charge >= 0.3 is 0 Å². The van der Waals surface area contributed by atoms with Crippen molar-refractivity contribution in [3.63, 3.8) is 0 Å². The van der Waals surface area contributed by atoms with Gasteiger partial charge in [-0.15, -0.1) is 0 Å². The molecule has 1 aromatic carbocycles. The Balaban J connectivity index is 1.66. The molecule has 0 spiro atoms. The van der Waals surface area contributed by atoms with Crippen LogP contribution in [-0.4, -0.2) is 23.9 Å². The first kappa shape index (κ1) is 14.6. The fraction of sp³-hybridized carbons (Fsp3) is 0.632. The van der Waals surface area contributed by atoms with Crippen molar-refractivity contribution < 1.29 is 4.79 Å². The fourth-order valence-corrected chi connectivity index (χ4v) is 3.68. The zero-order valence-corrected chi connectivity index (χ0v) is 13.7. The Labute approximate surface area is 128 Å². The van der Waals surface area contributed by atoms with Crippen molar-refractivity contribution in [2.75, 3.05) is 13.1 Å². The Hall–Kier alpha value is -1.31. The molecule has 0 bridgehead atoms. The van der Waals surface area contributed by atoms with E-state index in [4.69, 9.17) is 0 Å². The highest BCUT2D eigenvalue weighted by atomic mass is 16.2. The third-order valence-corrected chi connectivity index (χ3v) is 5.25. The molecule has 1 saturated heterocycles. The van der Waals surface area contributed by atoms with Crippen molar-refractivity contribution >= 4 is 5.91 Å². The van der Waals surface area contributed by atoms with Crippen LogP contribution in [0.25, 0.3) is 0 Å². The highest BCUT2D eigenvalue weighted by molar-refractivity contribution is 5.94. The van der Waals surface area contributed by atoms with Crippen molar-refractivity contribution in [2.45, 2.75) is 46.5 Å². The van der Waals surface area contributed by atoms with E-state index in [-0.39, 0.29) is 11.3 Å². The topological polar surface area (TPSA) is 20.3 Å². The van der Waals surface area contributed by atoms with Gasteiger partial charge in [-0.05, 0) is 53.7 Å². The highest BCUT2D eigenvalue weighted by Gasteiger charge is 2.40. The number of nitrogens with zero attached hydrogens (tertiary/aromatic N) is 1. The Bertz CT molecular complexity index is 529. The van der Waals surface area contributed by atoms with Crippen LogP contribution < -0.4 is 0 Å². The van der Waals surface area contributed by atoms with Crippen LogP contribution in [0.4, 0.5) is 0 Å². The van der Waals surface area contributed by atoms with Crippen molar-refractivity contribution in [3.05, 3.63) is 35.4 Å². The van der Waals surface area contributed by atoms with Crippen LogP contribution in [0.2, 0.25) is 0 Å². The van der Waals surface area contributed by atoms with E-state index in [9.17, 15) is 4.79 Å². The van der Waals surface area contributed by atoms with Gasteiger partial charge in [0.2, 0.25) is 0 Å². The molecule has 1 aliphatic heterocycles. The molecule has 21 heavy (non-hydrogen) atoms. The van der Waals surface area contributed by atoms with E-state index in [1.54, 1.807) is 0 Å². The van der Waals surface area contributed by atoms with Crippen LogP contribution in [0.5, 0.6) is 0 Å². The smallest absolute Gasteiger partial charge is 0.253 e. The molecule has 114 valence electrons. The molecule has 2 aliphatic rings. The Kier molecular flexibility index (Phi) is 3.59. The molecule has 1 saturated carbocycles. The van der Waals surface area contributed by atoms with Gasteiger partial charge in [0, 0.05) is 18.7 Å². The molecular formula is C19H27NO. The molecule has 2 atom stereocenters. The molecule has 0 unspecified atom stereocenters. The van der Waals surface area contributed by atoms with Gasteiger partial charge in [0.1, 0.15) is 0 Å². The third kappa shape index (κ3) is 3.00. The summed E-state index contributed by atoms with van der Waals surface area (Å²) in [5.41, 5.74) is 2.53. The zero-order valence-electron chi connectivity index (χ0n) is 13.7. The van der Waals surface area contributed by atoms with E-state index >= 15 is 0 Å². The van der Waals surface area contributed by atoms with Crippen LogP contribution in [0.3, 0.4) is 0 Å². The minimum Gasteiger partial charge on any atom is -0.338 e. The maximum Gasteiger partial charge on any atom is 0.253 e. The van der Waals surface area contributed by atoms with E-state index in [2.05, 4.69) is 39.8 Å². The summed E-state index contributed by atoms with van der Waals surface area (Å²) >= 11 is 0. The molecule has 1 aliphatic carbocycles. The van der Waals surface area contributed by atoms with Crippen LogP contribution in [-0.2, 0) is 0 Å². The van der Waals surface area contributed by atoms with E-state index in [0.717, 1.165) is 42.8 Å². The second-order valence-corrected chi connectivity index (χ2v) is 8.01. The Morgan fingerprint density at radius 1 is 1.24 bits per heavy atom. The summed E-state index contributed by atoms with van der Waals surface area (Å²) in [4.78, 5) is 14.5. The lowest BCUT2D eigenvalue weighted by Crippen LogP contribution is -2.30. The first-order chi connectivity index (χ1) is 9.87. The monoisotopic (exact) mass is 285 g/mol. The van der Waals surface area contributed by atoms with E-state index in [0.29, 0.717) is 0 Å². The summed E-state index contributed by atoms with van der Waals surface area (Å²) in [5, 5.41) is 0. The van der Waals surface area contributed by atoms with Gasteiger partial charge < -0.3 is 4.90 Å². The summed E-state index contributed by atoms with van der Waals surface area (Å²) in [6.07, 6.45) is 2.42. The van der Waals surface area contributed by atoms with E-state index in [1.807, 2.05) is 17.0 Å². The van der Waals surface area contributed by atoms with Crippen LogP contribution >= 0.6 is 0 Å². The van der Waals surface area contributed by atoms with Gasteiger partial charge in [-0.3, -0.25) is 4.79 Å². The molecule has 0 aromatic heterocycles. The van der Waals surface area contributed by atoms with Crippen molar-refractivity contribution in [2.24, 2.45) is 17.3 Å². The van der Waals surface area contributed by atoms with Gasteiger partial charge in [0.05, 0.1) is 0 Å². The maximum atomic E-state index is 12.5. The molecule has 1 amide bonds. The average molecular weight is 285 g/mol. The number of hydrogen-bond acceptors (Lipinski definition) is 1. The van der Waals surface area contributed by atoms with Gasteiger partial charge in [-0.1, -0.05) is 39.8 Å². The second kappa shape index (κ2) is 5.15. The first-order valence-electron chi connectivity index (χ1n) is 8.27. The van der Waals surface area contributed by atoms with Crippen molar-refractivity contribution in [1.29, 1.82) is 0 Å². The van der Waals surface area contributed by atoms with Crippen molar-refractivity contribution in [1.82, 2.24) is 4.90 Å². The van der Waals surface area contributed by atoms with Crippen LogP contribution in [0.15, 0.2) is 24.3 Å². The van der Waals surface area contributed by atoms with Gasteiger partial charge in [0.25, 0.3) is 5.91 Å². The maximum absolute atomic E-state index is 12.5. The van der Waals surface area contributed by atoms with Crippen molar-refractivity contribution in [3.8, 4) is 0 Å². The second-order valence-electron chi connectivity index (χ2n) is 8.01. The first-order valence-corrected chi connectivity index (χ1v) is 8.27. The number of carbonyl (C=O) groups excluding carboxylic acids is 1. The third-order valence-electron chi connectivity index (χ3n) is 5.25. The molecule has 2 heteroatoms. The minimum absolute atomic E-state index is 0.198. The normalized spacial score (nSPS) is 27.2. The summed E-state index contributed by atoms with van der Waals surface area (Å²) < 4.78 is 0. The molecule has 1 heterocycles. The molecule has 3 rings (SSSR count). The lowest BCUT2D eigenvalue weighted by atomic mass is 9.93. The number of benzene rings is 1. The average Bonchev–Trinajstić information content (AvgIpc) is 3.16. The summed E-state index contributed by atoms with van der Waals surface area (Å²) in [6, 6.07) is 8.39. The lowest BCUT2D eigenvalue weighted by molar-refractivity contribution is 0.0778. The number of amides is 1. The molecule has 0 N–H and O–H groups in total. The SMILES string of the molecule is CC(C)[C@H]1C[C@@H]1c1ccc(C(=O)N2CCC(C)(C)C2)cc1. The van der Waals surface area contributed by atoms with Crippen LogP contribution in [0, 0.1) is 17.3 Å². The molecule has 2 fully saturated rings. The predicted octanol–water partition coefficient (Wildman–Crippen LogP) is 4.32. The Morgan fingerprint density at radius 3 is 2.38 bits per heavy atom. The summed E-state index contributed by atoms with van der Waals surface area (Å²) in [5.74, 6) is 2.53. The number of likely N-dealkylation sites (tertiary alicyclic amines) is 1. The minimum atomic E-state index is 0.198. The van der Waals surface area contributed by atoms with E-state index in [1.165, 1.54) is 12.0 Å². The highest BCUT2D eigenvalue weighted by Crippen LogP contribution is 2.51. The predicted molar refractivity (Wildman–Crippen MR) is 86.4 cm³/mol. The number of carbonyl (C=O) groups is 1. The standard InChI is InChI=1S/C19H27NO/c1-13(2)16-11-17(16)14-5-7-15(8-6-14)18(21)20-10-9-19(3,4)12-20/h5-8,13,16-17H,9-12H2,1-4H3/t16-,17-/m1/s1. The molecule has 0 radical (unpaired) electrons. The van der Waals surface area contributed by atoms with Gasteiger partial charge in [0.15, 0.2) is 0 Å². The fourth-order valence-electron chi connectivity index (χ4n) is 3.68. The largest absolute Gasteiger partial charge is 0.338 e. The van der Waals surface area contributed by atoms with E-state index < -0.39 is 0 Å². The quantitative estimate of drug-likeness (QED) is 0.810. The summed E-state index contributed by atoms with van der Waals surface area (Å²) in [6.45, 7) is 10.9. The van der Waals surface area contributed by atoms with Crippen LogP contribution in [0.1, 0.15) is 62.4 Å². The lowest BCUT2D eigenvalue weighted by Gasteiger charge is -2.20. The molecule has 1 aromatic rings. The van der Waals surface area contributed by atoms with Gasteiger partial charge in [-0.2, -0.15) is 0 Å². The van der Waals surface area contributed by atoms with Gasteiger partial charge in [-0.25, -0.2) is 0 Å². The molecule has 2 nitrogen and oxygen atoms in total. The Morgan fingerprint density at radius 2 is 1.90 bits per heavy atom. The zero-order chi connectivity index (χ0) is 15.2. The summed E-state index contributed by atoms with van der Waals surface area (Å²) in [7, 11) is 0. The molecular weight excluding hydrogens is 258 g/mol. The number of hydrogen-bond donors (Lipinski definition) is 0.